The Morgan fingerprint density at radius 3 is 2.80 bits per heavy atom. The largest absolute Gasteiger partial charge is 0.392 e. The molecule has 0 saturated carbocycles. The molecule has 6 heteroatoms. The van der Waals surface area contributed by atoms with Gasteiger partial charge in [0, 0.05) is 0 Å². The summed E-state index contributed by atoms with van der Waals surface area (Å²) in [5, 5.41) is 10.5. The molecule has 0 amide bonds. The van der Waals surface area contributed by atoms with Crippen molar-refractivity contribution in [2.75, 3.05) is 11.6 Å². The topological polar surface area (TPSA) is 69.2 Å². The van der Waals surface area contributed by atoms with Crippen molar-refractivity contribution < 1.29 is 9.31 Å². The van der Waals surface area contributed by atoms with E-state index in [4.69, 9.17) is 17.3 Å². The molecule has 0 saturated heterocycles. The summed E-state index contributed by atoms with van der Waals surface area (Å²) in [6, 6.07) is 1.78. The molecule has 15 heavy (non-hydrogen) atoms. The SMILES string of the molecule is Nc1c(C#CCCl)cc(F)cc1[N+](=O)[O-]. The number of nitro benzene ring substituents is 1. The van der Waals surface area contributed by atoms with E-state index in [1.165, 1.54) is 0 Å². The second-order valence-corrected chi connectivity index (χ2v) is 2.85. The van der Waals surface area contributed by atoms with E-state index in [1.54, 1.807) is 0 Å². The average Bonchev–Trinajstić information content (AvgIpc) is 2.18. The van der Waals surface area contributed by atoms with Crippen molar-refractivity contribution >= 4 is 23.0 Å². The molecule has 78 valence electrons. The lowest BCUT2D eigenvalue weighted by atomic mass is 10.1. The lowest BCUT2D eigenvalue weighted by Crippen LogP contribution is -1.99. The van der Waals surface area contributed by atoms with Crippen molar-refractivity contribution in [3.05, 3.63) is 33.6 Å². The summed E-state index contributed by atoms with van der Waals surface area (Å²) in [7, 11) is 0. The van der Waals surface area contributed by atoms with Gasteiger partial charge in [0.25, 0.3) is 5.69 Å². The Kier molecular flexibility index (Phi) is 3.47. The smallest absolute Gasteiger partial charge is 0.296 e. The van der Waals surface area contributed by atoms with E-state index >= 15 is 0 Å². The molecule has 0 atom stereocenters. The monoisotopic (exact) mass is 228 g/mol. The molecule has 0 radical (unpaired) electrons. The minimum atomic E-state index is -0.760. The normalized spacial score (nSPS) is 9.20. The number of halogens is 2. The van der Waals surface area contributed by atoms with Gasteiger partial charge in [-0.05, 0) is 6.07 Å². The average molecular weight is 229 g/mol. The zero-order valence-electron chi connectivity index (χ0n) is 7.46. The van der Waals surface area contributed by atoms with E-state index in [1.807, 2.05) is 0 Å². The van der Waals surface area contributed by atoms with Gasteiger partial charge >= 0.3 is 0 Å². The maximum atomic E-state index is 12.9. The third-order valence-corrected chi connectivity index (χ3v) is 1.74. The van der Waals surface area contributed by atoms with Crippen LogP contribution in [0.2, 0.25) is 0 Å². The maximum absolute atomic E-state index is 12.9. The molecule has 1 aromatic carbocycles. The highest BCUT2D eigenvalue weighted by molar-refractivity contribution is 6.19. The third kappa shape index (κ3) is 2.58. The minimum Gasteiger partial charge on any atom is -0.392 e. The standard InChI is InChI=1S/C9H6ClFN2O2/c10-3-1-2-6-4-7(11)5-8(9(6)12)13(14)15/h4-5H,3,12H2. The summed E-state index contributed by atoms with van der Waals surface area (Å²) in [5.41, 5.74) is 4.87. The molecular formula is C9H6ClFN2O2. The van der Waals surface area contributed by atoms with Crippen LogP contribution in [0.3, 0.4) is 0 Å². The number of hydrogen-bond acceptors (Lipinski definition) is 3. The molecule has 0 aliphatic rings. The van der Waals surface area contributed by atoms with Crippen LogP contribution in [0.25, 0.3) is 0 Å². The molecule has 1 aromatic rings. The predicted molar refractivity (Wildman–Crippen MR) is 55.1 cm³/mol. The first-order valence-corrected chi connectivity index (χ1v) is 4.38. The Balaban J connectivity index is 3.34. The Morgan fingerprint density at radius 1 is 1.60 bits per heavy atom. The minimum absolute atomic E-state index is 0.0454. The van der Waals surface area contributed by atoms with Gasteiger partial charge in [-0.25, -0.2) is 4.39 Å². The van der Waals surface area contributed by atoms with Crippen molar-refractivity contribution in [3.63, 3.8) is 0 Å². The summed E-state index contributed by atoms with van der Waals surface area (Å²) in [5.74, 6) is 4.18. The van der Waals surface area contributed by atoms with Crippen LogP contribution >= 0.6 is 11.6 Å². The van der Waals surface area contributed by atoms with Gasteiger partial charge in [0.1, 0.15) is 11.5 Å². The quantitative estimate of drug-likeness (QED) is 0.262. The zero-order valence-corrected chi connectivity index (χ0v) is 8.21. The van der Waals surface area contributed by atoms with Crippen LogP contribution in [0.1, 0.15) is 5.56 Å². The van der Waals surface area contributed by atoms with Crippen LogP contribution in [0, 0.1) is 27.8 Å². The first kappa shape index (κ1) is 11.3. The molecule has 0 aliphatic carbocycles. The number of nitro groups is 1. The van der Waals surface area contributed by atoms with E-state index in [2.05, 4.69) is 11.8 Å². The van der Waals surface area contributed by atoms with Gasteiger partial charge in [0.05, 0.1) is 22.4 Å². The van der Waals surface area contributed by atoms with E-state index < -0.39 is 16.4 Å². The summed E-state index contributed by atoms with van der Waals surface area (Å²) >= 11 is 5.30. The van der Waals surface area contributed by atoms with E-state index in [-0.39, 0.29) is 17.1 Å². The first-order chi connectivity index (χ1) is 7.06. The molecule has 0 aliphatic heterocycles. The van der Waals surface area contributed by atoms with Gasteiger partial charge in [0.2, 0.25) is 0 Å². The second-order valence-electron chi connectivity index (χ2n) is 2.58. The van der Waals surface area contributed by atoms with E-state index in [9.17, 15) is 14.5 Å². The highest BCUT2D eigenvalue weighted by Gasteiger charge is 2.16. The Hall–Kier alpha value is -1.80. The third-order valence-electron chi connectivity index (χ3n) is 1.61. The number of benzene rings is 1. The van der Waals surface area contributed by atoms with Crippen molar-refractivity contribution in [2.24, 2.45) is 0 Å². The fraction of sp³-hybridized carbons (Fsp3) is 0.111. The second kappa shape index (κ2) is 4.62. The van der Waals surface area contributed by atoms with Crippen LogP contribution in [-0.2, 0) is 0 Å². The Morgan fingerprint density at radius 2 is 2.27 bits per heavy atom. The van der Waals surface area contributed by atoms with E-state index in [0.717, 1.165) is 12.1 Å². The van der Waals surface area contributed by atoms with Crippen molar-refractivity contribution in [1.29, 1.82) is 0 Å². The fourth-order valence-corrected chi connectivity index (χ4v) is 1.05. The van der Waals surface area contributed by atoms with Crippen LogP contribution in [-0.4, -0.2) is 10.8 Å². The number of anilines is 1. The molecule has 2 N–H and O–H groups in total. The molecule has 1 rings (SSSR count). The Labute approximate surface area is 90.0 Å². The lowest BCUT2D eigenvalue weighted by Gasteiger charge is -2.00. The van der Waals surface area contributed by atoms with Crippen molar-refractivity contribution in [2.45, 2.75) is 0 Å². The zero-order chi connectivity index (χ0) is 11.4. The van der Waals surface area contributed by atoms with Gasteiger partial charge in [-0.2, -0.15) is 0 Å². The van der Waals surface area contributed by atoms with Crippen molar-refractivity contribution in [1.82, 2.24) is 0 Å². The fourth-order valence-electron chi connectivity index (χ4n) is 0.987. The first-order valence-electron chi connectivity index (χ1n) is 3.84. The number of nitrogen functional groups attached to an aromatic ring is 1. The number of hydrogen-bond donors (Lipinski definition) is 1. The van der Waals surface area contributed by atoms with Gasteiger partial charge in [0.15, 0.2) is 0 Å². The highest BCUT2D eigenvalue weighted by Crippen LogP contribution is 2.25. The molecule has 0 fully saturated rings. The van der Waals surface area contributed by atoms with E-state index in [0.29, 0.717) is 0 Å². The van der Waals surface area contributed by atoms with Crippen LogP contribution < -0.4 is 5.73 Å². The number of nitrogens with zero attached hydrogens (tertiary/aromatic N) is 1. The summed E-state index contributed by atoms with van der Waals surface area (Å²) in [4.78, 5) is 9.73. The molecule has 4 nitrogen and oxygen atoms in total. The van der Waals surface area contributed by atoms with Crippen LogP contribution in [0.4, 0.5) is 15.8 Å². The maximum Gasteiger partial charge on any atom is 0.296 e. The lowest BCUT2D eigenvalue weighted by molar-refractivity contribution is -0.384. The van der Waals surface area contributed by atoms with Gasteiger partial charge in [-0.3, -0.25) is 10.1 Å². The summed E-state index contributed by atoms with van der Waals surface area (Å²) in [6.07, 6.45) is 0. The molecular weight excluding hydrogens is 223 g/mol. The van der Waals surface area contributed by atoms with Gasteiger partial charge in [-0.1, -0.05) is 11.8 Å². The number of alkyl halides is 1. The molecule has 0 bridgehead atoms. The highest BCUT2D eigenvalue weighted by atomic mass is 35.5. The number of rotatable bonds is 1. The number of nitrogens with two attached hydrogens (primary N) is 1. The Bertz CT molecular complexity index is 465. The molecule has 0 unspecified atom stereocenters. The summed E-state index contributed by atoms with van der Waals surface area (Å²) in [6.45, 7) is 0. The predicted octanol–water partition coefficient (Wildman–Crippen LogP) is 1.91. The molecule has 0 heterocycles. The van der Waals surface area contributed by atoms with Gasteiger partial charge in [-0.15, -0.1) is 11.6 Å². The molecule has 0 spiro atoms. The van der Waals surface area contributed by atoms with Crippen molar-refractivity contribution in [3.8, 4) is 11.8 Å². The van der Waals surface area contributed by atoms with Gasteiger partial charge < -0.3 is 5.73 Å². The summed E-state index contributed by atoms with van der Waals surface area (Å²) < 4.78 is 12.9. The van der Waals surface area contributed by atoms with Crippen LogP contribution in [0.5, 0.6) is 0 Å². The van der Waals surface area contributed by atoms with Crippen LogP contribution in [0.15, 0.2) is 12.1 Å². The molecule has 0 aromatic heterocycles.